The molecule has 0 radical (unpaired) electrons. The van der Waals surface area contributed by atoms with E-state index in [1.807, 2.05) is 13.8 Å². The number of nitrogens with one attached hydrogen (secondary N) is 1. The molecule has 80 valence electrons. The lowest BCUT2D eigenvalue weighted by Gasteiger charge is -2.21. The second kappa shape index (κ2) is 8.44. The van der Waals surface area contributed by atoms with Crippen LogP contribution in [0.15, 0.2) is 0 Å². The second-order valence-electron chi connectivity index (χ2n) is 2.78. The third-order valence-corrected chi connectivity index (χ3v) is 1.79. The van der Waals surface area contributed by atoms with Gasteiger partial charge in [-0.1, -0.05) is 0 Å². The van der Waals surface area contributed by atoms with Crippen LogP contribution in [-0.2, 0) is 14.2 Å². The largest absolute Gasteiger partial charge is 0.380 e. The van der Waals surface area contributed by atoms with Gasteiger partial charge in [0.2, 0.25) is 0 Å². The summed E-state index contributed by atoms with van der Waals surface area (Å²) in [6.45, 7) is 6.30. The fraction of sp³-hybridized carbons (Fsp3) is 1.00. The Morgan fingerprint density at radius 2 is 1.85 bits per heavy atom. The molecule has 0 aromatic carbocycles. The molecular formula is C9H21NO3. The fourth-order valence-electron chi connectivity index (χ4n) is 1.10. The van der Waals surface area contributed by atoms with Crippen molar-refractivity contribution in [2.45, 2.75) is 26.2 Å². The molecule has 4 nitrogen and oxygen atoms in total. The van der Waals surface area contributed by atoms with Crippen molar-refractivity contribution in [3.63, 3.8) is 0 Å². The third kappa shape index (κ3) is 5.99. The van der Waals surface area contributed by atoms with Gasteiger partial charge in [0.25, 0.3) is 0 Å². The molecule has 13 heavy (non-hydrogen) atoms. The minimum absolute atomic E-state index is 0.176. The van der Waals surface area contributed by atoms with Crippen molar-refractivity contribution in [2.24, 2.45) is 0 Å². The monoisotopic (exact) mass is 191 g/mol. The fourth-order valence-corrected chi connectivity index (χ4v) is 1.10. The van der Waals surface area contributed by atoms with Crippen LogP contribution in [0.25, 0.3) is 0 Å². The van der Waals surface area contributed by atoms with E-state index in [-0.39, 0.29) is 12.3 Å². The SMILES string of the molecule is CCOCCNC(C)C(OC)OC. The zero-order valence-electron chi connectivity index (χ0n) is 9.00. The molecule has 0 aromatic rings. The van der Waals surface area contributed by atoms with Crippen LogP contribution in [0.1, 0.15) is 13.8 Å². The Morgan fingerprint density at radius 3 is 2.31 bits per heavy atom. The van der Waals surface area contributed by atoms with E-state index in [4.69, 9.17) is 14.2 Å². The van der Waals surface area contributed by atoms with Gasteiger partial charge < -0.3 is 19.5 Å². The topological polar surface area (TPSA) is 39.7 Å². The highest BCUT2D eigenvalue weighted by molar-refractivity contribution is 4.63. The lowest BCUT2D eigenvalue weighted by atomic mass is 10.3. The van der Waals surface area contributed by atoms with Crippen LogP contribution in [-0.4, -0.2) is 46.3 Å². The van der Waals surface area contributed by atoms with E-state index < -0.39 is 0 Å². The summed E-state index contributed by atoms with van der Waals surface area (Å²) in [6.07, 6.45) is -0.193. The predicted molar refractivity (Wildman–Crippen MR) is 51.8 cm³/mol. The summed E-state index contributed by atoms with van der Waals surface area (Å²) in [7, 11) is 3.27. The van der Waals surface area contributed by atoms with E-state index in [2.05, 4.69) is 5.32 Å². The average Bonchev–Trinajstić information content (AvgIpc) is 2.14. The van der Waals surface area contributed by atoms with Gasteiger partial charge in [0.1, 0.15) is 0 Å². The van der Waals surface area contributed by atoms with Crippen LogP contribution >= 0.6 is 0 Å². The van der Waals surface area contributed by atoms with Gasteiger partial charge >= 0.3 is 0 Å². The molecule has 1 atom stereocenters. The van der Waals surface area contributed by atoms with Crippen molar-refractivity contribution in [2.75, 3.05) is 34.0 Å². The molecular weight excluding hydrogens is 170 g/mol. The molecule has 0 saturated carbocycles. The molecule has 4 heteroatoms. The number of ether oxygens (including phenoxy) is 3. The summed E-state index contributed by atoms with van der Waals surface area (Å²) < 4.78 is 15.4. The van der Waals surface area contributed by atoms with Gasteiger partial charge in [0, 0.05) is 27.4 Å². The van der Waals surface area contributed by atoms with Crippen molar-refractivity contribution in [3.05, 3.63) is 0 Å². The Bertz CT molecular complexity index is 107. The first-order valence-corrected chi connectivity index (χ1v) is 4.63. The van der Waals surface area contributed by atoms with E-state index >= 15 is 0 Å². The van der Waals surface area contributed by atoms with E-state index in [0.29, 0.717) is 0 Å². The third-order valence-electron chi connectivity index (χ3n) is 1.79. The molecule has 0 fully saturated rings. The Hall–Kier alpha value is -0.160. The molecule has 0 aliphatic heterocycles. The second-order valence-corrected chi connectivity index (χ2v) is 2.78. The van der Waals surface area contributed by atoms with Crippen molar-refractivity contribution >= 4 is 0 Å². The van der Waals surface area contributed by atoms with Gasteiger partial charge in [-0.05, 0) is 13.8 Å². The smallest absolute Gasteiger partial charge is 0.171 e. The first kappa shape index (κ1) is 12.8. The number of rotatable bonds is 8. The van der Waals surface area contributed by atoms with Gasteiger partial charge in [-0.25, -0.2) is 0 Å². The van der Waals surface area contributed by atoms with Gasteiger partial charge in [0.15, 0.2) is 6.29 Å². The number of hydrogen-bond donors (Lipinski definition) is 1. The van der Waals surface area contributed by atoms with Gasteiger partial charge in [-0.3, -0.25) is 0 Å². The van der Waals surface area contributed by atoms with E-state index in [0.717, 1.165) is 19.8 Å². The summed E-state index contributed by atoms with van der Waals surface area (Å²) >= 11 is 0. The van der Waals surface area contributed by atoms with Crippen LogP contribution in [0.4, 0.5) is 0 Å². The highest BCUT2D eigenvalue weighted by Crippen LogP contribution is 1.97. The van der Waals surface area contributed by atoms with E-state index in [1.165, 1.54) is 0 Å². The molecule has 1 unspecified atom stereocenters. The van der Waals surface area contributed by atoms with E-state index in [9.17, 15) is 0 Å². The Kier molecular flexibility index (Phi) is 8.33. The minimum Gasteiger partial charge on any atom is -0.380 e. The zero-order chi connectivity index (χ0) is 10.1. The van der Waals surface area contributed by atoms with Crippen LogP contribution in [0.5, 0.6) is 0 Å². The molecule has 0 aliphatic carbocycles. The summed E-state index contributed by atoms with van der Waals surface area (Å²) in [5.74, 6) is 0. The molecule has 0 rings (SSSR count). The van der Waals surface area contributed by atoms with Crippen molar-refractivity contribution in [3.8, 4) is 0 Å². The zero-order valence-corrected chi connectivity index (χ0v) is 9.00. The van der Waals surface area contributed by atoms with Crippen LogP contribution in [0, 0.1) is 0 Å². The van der Waals surface area contributed by atoms with Crippen LogP contribution < -0.4 is 5.32 Å². The highest BCUT2D eigenvalue weighted by atomic mass is 16.7. The predicted octanol–water partition coefficient (Wildman–Crippen LogP) is 0.620. The molecule has 0 aromatic heterocycles. The highest BCUT2D eigenvalue weighted by Gasteiger charge is 2.13. The summed E-state index contributed by atoms with van der Waals surface area (Å²) in [4.78, 5) is 0. The lowest BCUT2D eigenvalue weighted by Crippen LogP contribution is -2.41. The summed E-state index contributed by atoms with van der Waals surface area (Å²) in [6, 6.07) is 0.176. The first-order chi connectivity index (χ1) is 6.26. The van der Waals surface area contributed by atoms with Crippen LogP contribution in [0.3, 0.4) is 0 Å². The quantitative estimate of drug-likeness (QED) is 0.451. The maximum atomic E-state index is 5.19. The van der Waals surface area contributed by atoms with Gasteiger partial charge in [0.05, 0.1) is 12.6 Å². The van der Waals surface area contributed by atoms with Crippen LogP contribution in [0.2, 0.25) is 0 Å². The van der Waals surface area contributed by atoms with Crippen molar-refractivity contribution in [1.29, 1.82) is 0 Å². The molecule has 0 amide bonds. The summed E-state index contributed by atoms with van der Waals surface area (Å²) in [5.41, 5.74) is 0. The Morgan fingerprint density at radius 1 is 1.23 bits per heavy atom. The molecule has 1 N–H and O–H groups in total. The standard InChI is InChI=1S/C9H21NO3/c1-5-13-7-6-10-8(2)9(11-3)12-4/h8-10H,5-7H2,1-4H3. The number of methoxy groups -OCH3 is 2. The van der Waals surface area contributed by atoms with E-state index in [1.54, 1.807) is 14.2 Å². The van der Waals surface area contributed by atoms with Crippen molar-refractivity contribution < 1.29 is 14.2 Å². The first-order valence-electron chi connectivity index (χ1n) is 4.63. The molecule has 0 aliphatic rings. The lowest BCUT2D eigenvalue weighted by molar-refractivity contribution is -0.119. The van der Waals surface area contributed by atoms with Gasteiger partial charge in [-0.2, -0.15) is 0 Å². The summed E-state index contributed by atoms with van der Waals surface area (Å²) in [5, 5.41) is 3.24. The average molecular weight is 191 g/mol. The van der Waals surface area contributed by atoms with Gasteiger partial charge in [-0.15, -0.1) is 0 Å². The normalized spacial score (nSPS) is 13.6. The molecule has 0 bridgehead atoms. The number of hydrogen-bond acceptors (Lipinski definition) is 4. The Balaban J connectivity index is 3.42. The minimum atomic E-state index is -0.193. The van der Waals surface area contributed by atoms with Crippen molar-refractivity contribution in [1.82, 2.24) is 5.32 Å². The Labute approximate surface area is 80.5 Å². The molecule has 0 saturated heterocycles. The molecule has 0 spiro atoms. The maximum Gasteiger partial charge on any atom is 0.171 e. The molecule has 0 heterocycles. The maximum absolute atomic E-state index is 5.19.